The van der Waals surface area contributed by atoms with Gasteiger partial charge in [0.05, 0.1) is 7.11 Å². The number of esters is 1. The Hall–Kier alpha value is -2.40. The fourth-order valence-electron chi connectivity index (χ4n) is 2.11. The summed E-state index contributed by atoms with van der Waals surface area (Å²) in [6, 6.07) is 19.9. The Kier molecular flexibility index (Phi) is 6.56. The molecule has 0 radical (unpaired) electrons. The molecule has 4 nitrogen and oxygen atoms in total. The molecule has 0 aliphatic heterocycles. The van der Waals surface area contributed by atoms with E-state index in [1.807, 2.05) is 60.7 Å². The van der Waals surface area contributed by atoms with E-state index in [0.29, 0.717) is 18.2 Å². The molecule has 0 aliphatic carbocycles. The number of hydrogen-bond donors (Lipinski definition) is 1. The van der Waals surface area contributed by atoms with Crippen molar-refractivity contribution in [1.82, 2.24) is 10.2 Å². The summed E-state index contributed by atoms with van der Waals surface area (Å²) in [5.74, 6) is -0.315. The average Bonchev–Trinajstić information content (AvgIpc) is 2.60. The smallest absolute Gasteiger partial charge is 0.325 e. The van der Waals surface area contributed by atoms with Crippen molar-refractivity contribution < 1.29 is 9.53 Å². The first-order chi connectivity index (χ1) is 11.2. The van der Waals surface area contributed by atoms with Crippen LogP contribution in [0, 0.1) is 0 Å². The van der Waals surface area contributed by atoms with Crippen LogP contribution in [0.15, 0.2) is 60.7 Å². The molecule has 23 heavy (non-hydrogen) atoms. The minimum atomic E-state index is -0.315. The first-order valence-electron chi connectivity index (χ1n) is 7.36. The van der Waals surface area contributed by atoms with E-state index in [4.69, 9.17) is 17.0 Å². The molecular formula is C18H20N2O2S. The van der Waals surface area contributed by atoms with Gasteiger partial charge < -0.3 is 15.0 Å². The summed E-state index contributed by atoms with van der Waals surface area (Å²) in [5.41, 5.74) is 2.22. The number of rotatable bonds is 6. The van der Waals surface area contributed by atoms with Gasteiger partial charge in [-0.2, -0.15) is 0 Å². The maximum Gasteiger partial charge on any atom is 0.325 e. The standard InChI is InChI=1S/C18H20N2O2S/c1-22-17(21)14-20(13-16-10-6-3-7-11-16)18(23)19-12-15-8-4-2-5-9-15/h2-11H,12-14H2,1H3,(H,19,23). The van der Waals surface area contributed by atoms with Crippen molar-refractivity contribution in [2.24, 2.45) is 0 Å². The highest BCUT2D eigenvalue weighted by Gasteiger charge is 2.14. The molecule has 5 heteroatoms. The third kappa shape index (κ3) is 5.71. The number of benzene rings is 2. The van der Waals surface area contributed by atoms with Crippen molar-refractivity contribution in [3.8, 4) is 0 Å². The number of carbonyl (C=O) groups excluding carboxylic acids is 1. The zero-order valence-corrected chi connectivity index (χ0v) is 13.9. The van der Waals surface area contributed by atoms with Crippen LogP contribution in [0.25, 0.3) is 0 Å². The number of hydrogen-bond acceptors (Lipinski definition) is 3. The molecule has 0 unspecified atom stereocenters. The summed E-state index contributed by atoms with van der Waals surface area (Å²) < 4.78 is 4.76. The van der Waals surface area contributed by atoms with Crippen LogP contribution >= 0.6 is 12.2 Å². The molecule has 2 aromatic carbocycles. The lowest BCUT2D eigenvalue weighted by molar-refractivity contribution is -0.141. The van der Waals surface area contributed by atoms with Gasteiger partial charge in [0.25, 0.3) is 0 Å². The third-order valence-corrected chi connectivity index (χ3v) is 3.74. The van der Waals surface area contributed by atoms with E-state index in [0.717, 1.165) is 11.1 Å². The van der Waals surface area contributed by atoms with Crippen LogP contribution in [0.2, 0.25) is 0 Å². The predicted molar refractivity (Wildman–Crippen MR) is 94.7 cm³/mol. The summed E-state index contributed by atoms with van der Waals surface area (Å²) in [5, 5.41) is 3.73. The van der Waals surface area contributed by atoms with Crippen molar-refractivity contribution in [2.75, 3.05) is 13.7 Å². The highest BCUT2D eigenvalue weighted by atomic mass is 32.1. The summed E-state index contributed by atoms with van der Waals surface area (Å²) in [7, 11) is 1.38. The van der Waals surface area contributed by atoms with Gasteiger partial charge in [-0.25, -0.2) is 0 Å². The Morgan fingerprint density at radius 2 is 1.61 bits per heavy atom. The van der Waals surface area contributed by atoms with Crippen molar-refractivity contribution in [3.05, 3.63) is 71.8 Å². The minimum Gasteiger partial charge on any atom is -0.468 e. The minimum absolute atomic E-state index is 0.117. The number of ether oxygens (including phenoxy) is 1. The van der Waals surface area contributed by atoms with E-state index in [2.05, 4.69) is 5.32 Å². The molecule has 0 atom stereocenters. The number of carbonyl (C=O) groups is 1. The highest BCUT2D eigenvalue weighted by molar-refractivity contribution is 7.80. The van der Waals surface area contributed by atoms with Gasteiger partial charge in [0.1, 0.15) is 6.54 Å². The van der Waals surface area contributed by atoms with Gasteiger partial charge in [0.2, 0.25) is 0 Å². The normalized spacial score (nSPS) is 9.96. The van der Waals surface area contributed by atoms with Crippen LogP contribution in [0.5, 0.6) is 0 Å². The molecule has 0 bridgehead atoms. The van der Waals surface area contributed by atoms with Gasteiger partial charge in [-0.3, -0.25) is 4.79 Å². The quantitative estimate of drug-likeness (QED) is 0.652. The Morgan fingerprint density at radius 1 is 1.04 bits per heavy atom. The van der Waals surface area contributed by atoms with Gasteiger partial charge >= 0.3 is 5.97 Å². The molecule has 0 aromatic heterocycles. The Morgan fingerprint density at radius 3 is 2.17 bits per heavy atom. The fourth-order valence-corrected chi connectivity index (χ4v) is 2.31. The highest BCUT2D eigenvalue weighted by Crippen LogP contribution is 2.06. The monoisotopic (exact) mass is 328 g/mol. The molecule has 0 fully saturated rings. The van der Waals surface area contributed by atoms with Crippen LogP contribution in [0.3, 0.4) is 0 Å². The molecule has 1 N–H and O–H groups in total. The second kappa shape index (κ2) is 8.90. The van der Waals surface area contributed by atoms with Crippen LogP contribution in [0.1, 0.15) is 11.1 Å². The Bertz CT molecular complexity index is 632. The third-order valence-electron chi connectivity index (χ3n) is 3.34. The summed E-state index contributed by atoms with van der Waals surface area (Å²) >= 11 is 5.45. The van der Waals surface area contributed by atoms with Crippen LogP contribution < -0.4 is 5.32 Å². The maximum absolute atomic E-state index is 11.6. The summed E-state index contributed by atoms with van der Waals surface area (Å²) in [4.78, 5) is 13.4. The molecule has 120 valence electrons. The van der Waals surface area contributed by atoms with E-state index in [-0.39, 0.29) is 12.5 Å². The van der Waals surface area contributed by atoms with Crippen molar-refractivity contribution in [1.29, 1.82) is 0 Å². The van der Waals surface area contributed by atoms with Gasteiger partial charge in [-0.1, -0.05) is 60.7 Å². The predicted octanol–water partition coefficient (Wildman–Crippen LogP) is 2.74. The molecule has 2 rings (SSSR count). The van der Waals surface area contributed by atoms with Gasteiger partial charge in [-0.15, -0.1) is 0 Å². The molecular weight excluding hydrogens is 308 g/mol. The zero-order chi connectivity index (χ0) is 16.5. The van der Waals surface area contributed by atoms with E-state index >= 15 is 0 Å². The number of nitrogens with zero attached hydrogens (tertiary/aromatic N) is 1. The molecule has 0 aliphatic rings. The first kappa shape index (κ1) is 17.0. The van der Waals surface area contributed by atoms with Crippen LogP contribution in [0.4, 0.5) is 0 Å². The van der Waals surface area contributed by atoms with Gasteiger partial charge in [-0.05, 0) is 23.3 Å². The molecule has 0 saturated heterocycles. The molecule has 0 heterocycles. The number of nitrogens with one attached hydrogen (secondary N) is 1. The number of methoxy groups -OCH3 is 1. The van der Waals surface area contributed by atoms with Crippen molar-refractivity contribution in [2.45, 2.75) is 13.1 Å². The van der Waals surface area contributed by atoms with Crippen LogP contribution in [-0.4, -0.2) is 29.6 Å². The zero-order valence-electron chi connectivity index (χ0n) is 13.1. The Labute approximate surface area is 142 Å². The van der Waals surface area contributed by atoms with Gasteiger partial charge in [0, 0.05) is 13.1 Å². The van der Waals surface area contributed by atoms with E-state index in [1.54, 1.807) is 4.90 Å². The largest absolute Gasteiger partial charge is 0.468 e. The first-order valence-corrected chi connectivity index (χ1v) is 7.77. The second-order valence-electron chi connectivity index (χ2n) is 5.06. The van der Waals surface area contributed by atoms with Crippen LogP contribution in [-0.2, 0) is 22.6 Å². The lowest BCUT2D eigenvalue weighted by atomic mass is 10.2. The fraction of sp³-hybridized carbons (Fsp3) is 0.222. The molecule has 0 saturated carbocycles. The molecule has 0 amide bonds. The van der Waals surface area contributed by atoms with E-state index in [1.165, 1.54) is 7.11 Å². The summed E-state index contributed by atoms with van der Waals surface area (Å²) in [6.45, 7) is 1.29. The van der Waals surface area contributed by atoms with E-state index < -0.39 is 0 Å². The SMILES string of the molecule is COC(=O)CN(Cc1ccccc1)C(=S)NCc1ccccc1. The van der Waals surface area contributed by atoms with Gasteiger partial charge in [0.15, 0.2) is 5.11 Å². The second-order valence-corrected chi connectivity index (χ2v) is 5.45. The topological polar surface area (TPSA) is 41.6 Å². The lowest BCUT2D eigenvalue weighted by Crippen LogP contribution is -2.42. The number of thiocarbonyl (C=S) groups is 1. The Balaban J connectivity index is 2.00. The average molecular weight is 328 g/mol. The molecule has 2 aromatic rings. The van der Waals surface area contributed by atoms with Crippen molar-refractivity contribution >= 4 is 23.3 Å². The lowest BCUT2D eigenvalue weighted by Gasteiger charge is -2.25. The molecule has 0 spiro atoms. The maximum atomic E-state index is 11.6. The summed E-state index contributed by atoms with van der Waals surface area (Å²) in [6.07, 6.45) is 0. The van der Waals surface area contributed by atoms with E-state index in [9.17, 15) is 4.79 Å². The van der Waals surface area contributed by atoms with Crippen molar-refractivity contribution in [3.63, 3.8) is 0 Å².